The summed E-state index contributed by atoms with van der Waals surface area (Å²) in [6.45, 7) is 2.41. The second-order valence-electron chi connectivity index (χ2n) is 4.98. The van der Waals surface area contributed by atoms with E-state index in [4.69, 9.17) is 0 Å². The molecule has 2 aromatic carbocycles. The van der Waals surface area contributed by atoms with Crippen LogP contribution in [0.25, 0.3) is 0 Å². The molecule has 0 spiro atoms. The summed E-state index contributed by atoms with van der Waals surface area (Å²) in [7, 11) is 3.74. The molecule has 1 amide bonds. The smallest absolute Gasteiger partial charge is 0.246 e. The fourth-order valence-electron chi connectivity index (χ4n) is 2.00. The number of likely N-dealkylation sites (N-methyl/N-ethyl adjacent to an activating group) is 2. The van der Waals surface area contributed by atoms with Crippen molar-refractivity contribution in [3.05, 3.63) is 60.2 Å². The van der Waals surface area contributed by atoms with Gasteiger partial charge in [0.25, 0.3) is 0 Å². The molecule has 0 bridgehead atoms. The molecule has 0 radical (unpaired) electrons. The van der Waals surface area contributed by atoms with Gasteiger partial charge in [-0.25, -0.2) is 0 Å². The van der Waals surface area contributed by atoms with Crippen molar-refractivity contribution in [2.75, 3.05) is 30.4 Å². The number of para-hydroxylation sites is 1. The van der Waals surface area contributed by atoms with E-state index in [0.29, 0.717) is 6.54 Å². The van der Waals surface area contributed by atoms with Crippen molar-refractivity contribution in [3.63, 3.8) is 0 Å². The van der Waals surface area contributed by atoms with Gasteiger partial charge in [-0.1, -0.05) is 35.9 Å². The maximum absolute atomic E-state index is 12.3. The standard InChI is InChI=1S/C17H20N2O/c1-14-9-11-15(12-10-14)18(2)13-17(20)19(3)16-7-5-4-6-8-16/h4-12H,13H2,1-3H3. The van der Waals surface area contributed by atoms with Crippen molar-refractivity contribution in [2.45, 2.75) is 6.92 Å². The molecule has 3 nitrogen and oxygen atoms in total. The average molecular weight is 268 g/mol. The quantitative estimate of drug-likeness (QED) is 0.850. The number of hydrogen-bond donors (Lipinski definition) is 0. The fraction of sp³-hybridized carbons (Fsp3) is 0.235. The molecule has 20 heavy (non-hydrogen) atoms. The Balaban J connectivity index is 2.02. The van der Waals surface area contributed by atoms with Gasteiger partial charge in [-0.15, -0.1) is 0 Å². The van der Waals surface area contributed by atoms with Crippen LogP contribution in [0.2, 0.25) is 0 Å². The van der Waals surface area contributed by atoms with Gasteiger partial charge in [-0.2, -0.15) is 0 Å². The minimum Gasteiger partial charge on any atom is -0.365 e. The molecule has 3 heteroatoms. The molecule has 0 aliphatic rings. The molecule has 0 N–H and O–H groups in total. The molecule has 2 rings (SSSR count). The Labute approximate surface area is 120 Å². The molecule has 0 fully saturated rings. The number of anilines is 2. The van der Waals surface area contributed by atoms with E-state index in [0.717, 1.165) is 11.4 Å². The number of carbonyl (C=O) groups excluding carboxylic acids is 1. The van der Waals surface area contributed by atoms with Crippen molar-refractivity contribution in [1.82, 2.24) is 0 Å². The highest BCUT2D eigenvalue weighted by Crippen LogP contribution is 2.15. The predicted octanol–water partition coefficient (Wildman–Crippen LogP) is 3.09. The largest absolute Gasteiger partial charge is 0.365 e. The Hall–Kier alpha value is -2.29. The number of amides is 1. The highest BCUT2D eigenvalue weighted by molar-refractivity contribution is 5.95. The van der Waals surface area contributed by atoms with Crippen LogP contribution >= 0.6 is 0 Å². The van der Waals surface area contributed by atoms with E-state index in [-0.39, 0.29) is 5.91 Å². The van der Waals surface area contributed by atoms with Gasteiger partial charge >= 0.3 is 0 Å². The molecule has 104 valence electrons. The van der Waals surface area contributed by atoms with Gasteiger partial charge in [0, 0.05) is 25.5 Å². The van der Waals surface area contributed by atoms with E-state index in [9.17, 15) is 4.79 Å². The lowest BCUT2D eigenvalue weighted by atomic mass is 10.2. The Morgan fingerprint density at radius 1 is 0.900 bits per heavy atom. The molecule has 0 unspecified atom stereocenters. The predicted molar refractivity (Wildman–Crippen MR) is 84.3 cm³/mol. The lowest BCUT2D eigenvalue weighted by molar-refractivity contribution is -0.117. The third-order valence-electron chi connectivity index (χ3n) is 3.36. The average Bonchev–Trinajstić information content (AvgIpc) is 2.48. The zero-order valence-corrected chi connectivity index (χ0v) is 12.2. The van der Waals surface area contributed by atoms with Gasteiger partial charge in [0.05, 0.1) is 6.54 Å². The minimum atomic E-state index is 0.0688. The van der Waals surface area contributed by atoms with Crippen LogP contribution in [0.1, 0.15) is 5.56 Å². The Bertz CT molecular complexity index is 563. The van der Waals surface area contributed by atoms with Crippen LogP contribution < -0.4 is 9.80 Å². The van der Waals surface area contributed by atoms with Crippen LogP contribution in [-0.2, 0) is 4.79 Å². The summed E-state index contributed by atoms with van der Waals surface area (Å²) in [5.74, 6) is 0.0688. The fourth-order valence-corrected chi connectivity index (χ4v) is 2.00. The van der Waals surface area contributed by atoms with Crippen LogP contribution in [0, 0.1) is 6.92 Å². The normalized spacial score (nSPS) is 10.2. The maximum Gasteiger partial charge on any atom is 0.246 e. The molecule has 2 aromatic rings. The van der Waals surface area contributed by atoms with Gasteiger partial charge in [-0.3, -0.25) is 4.79 Å². The van der Waals surface area contributed by atoms with Crippen molar-refractivity contribution in [1.29, 1.82) is 0 Å². The highest BCUT2D eigenvalue weighted by Gasteiger charge is 2.13. The summed E-state index contributed by atoms with van der Waals surface area (Å²) in [5, 5.41) is 0. The first-order chi connectivity index (χ1) is 9.58. The highest BCUT2D eigenvalue weighted by atomic mass is 16.2. The van der Waals surface area contributed by atoms with Crippen LogP contribution in [-0.4, -0.2) is 26.5 Å². The molecular weight excluding hydrogens is 248 g/mol. The first kappa shape index (κ1) is 14.1. The first-order valence-electron chi connectivity index (χ1n) is 6.67. The first-order valence-corrected chi connectivity index (χ1v) is 6.67. The number of hydrogen-bond acceptors (Lipinski definition) is 2. The lowest BCUT2D eigenvalue weighted by Crippen LogP contribution is -2.36. The number of rotatable bonds is 4. The zero-order valence-electron chi connectivity index (χ0n) is 12.2. The summed E-state index contributed by atoms with van der Waals surface area (Å²) in [5.41, 5.74) is 3.18. The topological polar surface area (TPSA) is 23.6 Å². The van der Waals surface area contributed by atoms with Crippen molar-refractivity contribution >= 4 is 17.3 Å². The van der Waals surface area contributed by atoms with Gasteiger partial charge in [0.2, 0.25) is 5.91 Å². The van der Waals surface area contributed by atoms with E-state index in [1.807, 2.05) is 54.4 Å². The molecule has 0 aromatic heterocycles. The van der Waals surface area contributed by atoms with E-state index in [1.165, 1.54) is 5.56 Å². The summed E-state index contributed by atoms with van der Waals surface area (Å²) >= 11 is 0. The van der Waals surface area contributed by atoms with E-state index >= 15 is 0 Å². The summed E-state index contributed by atoms with van der Waals surface area (Å²) in [6.07, 6.45) is 0. The van der Waals surface area contributed by atoms with Crippen LogP contribution in [0.5, 0.6) is 0 Å². The number of nitrogens with zero attached hydrogens (tertiary/aromatic N) is 2. The molecule has 0 heterocycles. The molecule has 0 saturated carbocycles. The number of aryl methyl sites for hydroxylation is 1. The second-order valence-corrected chi connectivity index (χ2v) is 4.98. The molecule has 0 aliphatic heterocycles. The van der Waals surface area contributed by atoms with E-state index in [1.54, 1.807) is 11.9 Å². The Kier molecular flexibility index (Phi) is 4.41. The molecule has 0 aliphatic carbocycles. The Morgan fingerprint density at radius 3 is 2.10 bits per heavy atom. The Morgan fingerprint density at radius 2 is 1.50 bits per heavy atom. The SMILES string of the molecule is Cc1ccc(N(C)CC(=O)N(C)c2ccccc2)cc1. The lowest BCUT2D eigenvalue weighted by Gasteiger charge is -2.23. The zero-order chi connectivity index (χ0) is 14.5. The van der Waals surface area contributed by atoms with Gasteiger partial charge < -0.3 is 9.80 Å². The molecule has 0 atom stereocenters. The summed E-state index contributed by atoms with van der Waals surface area (Å²) in [4.78, 5) is 15.9. The minimum absolute atomic E-state index is 0.0688. The summed E-state index contributed by atoms with van der Waals surface area (Å²) in [6, 6.07) is 17.9. The van der Waals surface area contributed by atoms with Crippen molar-refractivity contribution in [2.24, 2.45) is 0 Å². The number of benzene rings is 2. The van der Waals surface area contributed by atoms with Crippen molar-refractivity contribution < 1.29 is 4.79 Å². The molecule has 0 saturated heterocycles. The number of carbonyl (C=O) groups is 1. The van der Waals surface area contributed by atoms with E-state index < -0.39 is 0 Å². The van der Waals surface area contributed by atoms with Gasteiger partial charge in [-0.05, 0) is 31.2 Å². The third-order valence-corrected chi connectivity index (χ3v) is 3.36. The van der Waals surface area contributed by atoms with Gasteiger partial charge in [0.15, 0.2) is 0 Å². The van der Waals surface area contributed by atoms with E-state index in [2.05, 4.69) is 19.1 Å². The van der Waals surface area contributed by atoms with Crippen LogP contribution in [0.4, 0.5) is 11.4 Å². The maximum atomic E-state index is 12.3. The third kappa shape index (κ3) is 3.38. The summed E-state index contributed by atoms with van der Waals surface area (Å²) < 4.78 is 0. The van der Waals surface area contributed by atoms with Gasteiger partial charge in [0.1, 0.15) is 0 Å². The molecular formula is C17H20N2O. The monoisotopic (exact) mass is 268 g/mol. The van der Waals surface area contributed by atoms with Crippen LogP contribution in [0.15, 0.2) is 54.6 Å². The second kappa shape index (κ2) is 6.24. The van der Waals surface area contributed by atoms with Crippen LogP contribution in [0.3, 0.4) is 0 Å². The van der Waals surface area contributed by atoms with Crippen molar-refractivity contribution in [3.8, 4) is 0 Å².